The zero-order chi connectivity index (χ0) is 14.0. The Morgan fingerprint density at radius 2 is 2.16 bits per heavy atom. The molecule has 1 N–H and O–H groups in total. The van der Waals surface area contributed by atoms with E-state index in [1.807, 2.05) is 0 Å². The minimum atomic E-state index is -3.92. The van der Waals surface area contributed by atoms with Gasteiger partial charge in [0.15, 0.2) is 0 Å². The minimum Gasteiger partial charge on any atom is -0.394 e. The summed E-state index contributed by atoms with van der Waals surface area (Å²) >= 11 is 0. The summed E-state index contributed by atoms with van der Waals surface area (Å²) in [6.07, 6.45) is -0.572. The van der Waals surface area contributed by atoms with E-state index in [2.05, 4.69) is 0 Å². The van der Waals surface area contributed by atoms with Crippen LogP contribution >= 0.6 is 0 Å². The number of ether oxygens (including phenoxy) is 1. The van der Waals surface area contributed by atoms with Crippen LogP contribution in [0.5, 0.6) is 0 Å². The molecule has 1 aliphatic heterocycles. The van der Waals surface area contributed by atoms with Crippen molar-refractivity contribution in [1.82, 2.24) is 4.31 Å². The van der Waals surface area contributed by atoms with Crippen LogP contribution in [0.15, 0.2) is 29.2 Å². The van der Waals surface area contributed by atoms with Crippen LogP contribution in [0.4, 0.5) is 4.39 Å². The maximum absolute atomic E-state index is 13.7. The first-order chi connectivity index (χ1) is 8.96. The van der Waals surface area contributed by atoms with Gasteiger partial charge in [0.1, 0.15) is 10.7 Å². The van der Waals surface area contributed by atoms with Gasteiger partial charge in [0.2, 0.25) is 10.0 Å². The van der Waals surface area contributed by atoms with Gasteiger partial charge in [-0.3, -0.25) is 0 Å². The highest BCUT2D eigenvalue weighted by molar-refractivity contribution is 7.89. The highest BCUT2D eigenvalue weighted by Gasteiger charge is 2.36. The molecule has 0 saturated carbocycles. The Bertz CT molecular complexity index is 548. The first-order valence-corrected chi connectivity index (χ1v) is 7.39. The van der Waals surface area contributed by atoms with Crippen LogP contribution in [0.3, 0.4) is 0 Å². The molecule has 2 atom stereocenters. The minimum absolute atomic E-state index is 0.0222. The van der Waals surface area contributed by atoms with Crippen LogP contribution in [0, 0.1) is 5.82 Å². The highest BCUT2D eigenvalue weighted by Crippen LogP contribution is 2.24. The summed E-state index contributed by atoms with van der Waals surface area (Å²) < 4.78 is 45.0. The smallest absolute Gasteiger partial charge is 0.246 e. The van der Waals surface area contributed by atoms with Crippen molar-refractivity contribution < 1.29 is 22.7 Å². The van der Waals surface area contributed by atoms with Crippen molar-refractivity contribution in [2.75, 3.05) is 19.8 Å². The van der Waals surface area contributed by atoms with Gasteiger partial charge in [-0.05, 0) is 19.1 Å². The highest BCUT2D eigenvalue weighted by atomic mass is 32.2. The van der Waals surface area contributed by atoms with Gasteiger partial charge in [-0.25, -0.2) is 12.8 Å². The summed E-state index contributed by atoms with van der Waals surface area (Å²) in [4.78, 5) is -0.347. The van der Waals surface area contributed by atoms with E-state index in [-0.39, 0.29) is 24.7 Å². The van der Waals surface area contributed by atoms with Crippen molar-refractivity contribution >= 4 is 10.0 Å². The van der Waals surface area contributed by atoms with Crippen molar-refractivity contribution in [3.05, 3.63) is 30.1 Å². The second kappa shape index (κ2) is 5.54. The standard InChI is InChI=1S/C12H16FNO4S/c1-9-8-18-10(7-15)6-14(9)19(16,17)12-5-3-2-4-11(12)13/h2-5,9-10,15H,6-8H2,1H3. The maximum atomic E-state index is 13.7. The Morgan fingerprint density at radius 3 is 2.79 bits per heavy atom. The Labute approximate surface area is 111 Å². The number of aliphatic hydroxyl groups is 1. The summed E-state index contributed by atoms with van der Waals surface area (Å²) in [6, 6.07) is 4.87. The molecule has 0 spiro atoms. The van der Waals surface area contributed by atoms with Crippen molar-refractivity contribution in [2.24, 2.45) is 0 Å². The molecule has 0 amide bonds. The fourth-order valence-electron chi connectivity index (χ4n) is 2.02. The number of rotatable bonds is 3. The van der Waals surface area contributed by atoms with Gasteiger partial charge >= 0.3 is 0 Å². The molecular formula is C12H16FNO4S. The molecule has 1 aromatic carbocycles. The lowest BCUT2D eigenvalue weighted by atomic mass is 10.2. The Balaban J connectivity index is 2.36. The van der Waals surface area contributed by atoms with Crippen molar-refractivity contribution in [3.8, 4) is 0 Å². The number of hydrogen-bond acceptors (Lipinski definition) is 4. The van der Waals surface area contributed by atoms with E-state index in [1.165, 1.54) is 22.5 Å². The second-order valence-corrected chi connectivity index (χ2v) is 6.35. The number of sulfonamides is 1. The lowest BCUT2D eigenvalue weighted by Crippen LogP contribution is -2.51. The lowest BCUT2D eigenvalue weighted by molar-refractivity contribution is -0.0516. The quantitative estimate of drug-likeness (QED) is 0.884. The topological polar surface area (TPSA) is 66.8 Å². The first-order valence-electron chi connectivity index (χ1n) is 5.95. The number of halogens is 1. The van der Waals surface area contributed by atoms with E-state index < -0.39 is 28.0 Å². The number of benzene rings is 1. The first kappa shape index (κ1) is 14.4. The predicted octanol–water partition coefficient (Wildman–Crippen LogP) is 0.596. The molecule has 5 nitrogen and oxygen atoms in total. The molecule has 1 aromatic rings. The summed E-state index contributed by atoms with van der Waals surface area (Å²) in [7, 11) is -3.92. The molecule has 2 unspecified atom stereocenters. The number of hydrogen-bond donors (Lipinski definition) is 1. The number of nitrogens with zero attached hydrogens (tertiary/aromatic N) is 1. The van der Waals surface area contributed by atoms with Gasteiger partial charge in [0.05, 0.1) is 19.3 Å². The third kappa shape index (κ3) is 2.79. The van der Waals surface area contributed by atoms with Gasteiger partial charge in [0, 0.05) is 12.6 Å². The van der Waals surface area contributed by atoms with Crippen molar-refractivity contribution in [2.45, 2.75) is 24.0 Å². The molecule has 0 aromatic heterocycles. The SMILES string of the molecule is CC1COC(CO)CN1S(=O)(=O)c1ccccc1F. The zero-order valence-corrected chi connectivity index (χ0v) is 11.3. The monoisotopic (exact) mass is 289 g/mol. The third-order valence-corrected chi connectivity index (χ3v) is 5.09. The van der Waals surface area contributed by atoms with Gasteiger partial charge in [-0.2, -0.15) is 4.31 Å². The van der Waals surface area contributed by atoms with Crippen molar-refractivity contribution in [1.29, 1.82) is 0 Å². The molecule has 1 saturated heterocycles. The van der Waals surface area contributed by atoms with Gasteiger partial charge < -0.3 is 9.84 Å². The molecule has 1 heterocycles. The molecule has 1 aliphatic rings. The molecule has 0 bridgehead atoms. The number of morpholine rings is 1. The molecular weight excluding hydrogens is 273 g/mol. The Kier molecular flexibility index (Phi) is 4.19. The third-order valence-electron chi connectivity index (χ3n) is 3.08. The molecule has 1 fully saturated rings. The van der Waals surface area contributed by atoms with Crippen LogP contribution < -0.4 is 0 Å². The van der Waals surface area contributed by atoms with E-state index in [1.54, 1.807) is 6.92 Å². The van der Waals surface area contributed by atoms with Crippen LogP contribution in [-0.2, 0) is 14.8 Å². The fourth-order valence-corrected chi connectivity index (χ4v) is 3.73. The van der Waals surface area contributed by atoms with E-state index in [0.717, 1.165) is 6.07 Å². The fraction of sp³-hybridized carbons (Fsp3) is 0.500. The molecule has 0 aliphatic carbocycles. The molecule has 106 valence electrons. The molecule has 2 rings (SSSR count). The van der Waals surface area contributed by atoms with E-state index >= 15 is 0 Å². The van der Waals surface area contributed by atoms with Gasteiger partial charge in [-0.1, -0.05) is 12.1 Å². The van der Waals surface area contributed by atoms with E-state index in [0.29, 0.717) is 0 Å². The van der Waals surface area contributed by atoms with Crippen LogP contribution in [0.25, 0.3) is 0 Å². The van der Waals surface area contributed by atoms with Gasteiger partial charge in [0.25, 0.3) is 0 Å². The van der Waals surface area contributed by atoms with Crippen molar-refractivity contribution in [3.63, 3.8) is 0 Å². The molecule has 0 radical (unpaired) electrons. The summed E-state index contributed by atoms with van der Waals surface area (Å²) in [5.41, 5.74) is 0. The van der Waals surface area contributed by atoms with Crippen LogP contribution in [0.2, 0.25) is 0 Å². The van der Waals surface area contributed by atoms with E-state index in [9.17, 15) is 12.8 Å². The molecule has 7 heteroatoms. The second-order valence-electron chi connectivity index (χ2n) is 4.49. The van der Waals surface area contributed by atoms with Crippen LogP contribution in [-0.4, -0.2) is 49.7 Å². The summed E-state index contributed by atoms with van der Waals surface area (Å²) in [5, 5.41) is 9.07. The predicted molar refractivity (Wildman–Crippen MR) is 66.6 cm³/mol. The number of aliphatic hydroxyl groups excluding tert-OH is 1. The largest absolute Gasteiger partial charge is 0.394 e. The summed E-state index contributed by atoms with van der Waals surface area (Å²) in [6.45, 7) is 1.62. The lowest BCUT2D eigenvalue weighted by Gasteiger charge is -2.36. The maximum Gasteiger partial charge on any atom is 0.246 e. The van der Waals surface area contributed by atoms with Gasteiger partial charge in [-0.15, -0.1) is 0 Å². The Hall–Kier alpha value is -1.02. The summed E-state index contributed by atoms with van der Waals surface area (Å²) in [5.74, 6) is -0.776. The Morgan fingerprint density at radius 1 is 1.47 bits per heavy atom. The van der Waals surface area contributed by atoms with Crippen LogP contribution in [0.1, 0.15) is 6.92 Å². The molecule has 19 heavy (non-hydrogen) atoms. The normalized spacial score (nSPS) is 25.4. The average Bonchev–Trinajstić information content (AvgIpc) is 2.39. The average molecular weight is 289 g/mol. The zero-order valence-electron chi connectivity index (χ0n) is 10.5. The van der Waals surface area contributed by atoms with E-state index in [4.69, 9.17) is 9.84 Å².